The van der Waals surface area contributed by atoms with Crippen LogP contribution in [0, 0.1) is 10.6 Å². The third-order valence-electron chi connectivity index (χ3n) is 3.38. The molecule has 8 nitrogen and oxygen atoms in total. The monoisotopic (exact) mass is 347 g/mol. The van der Waals surface area contributed by atoms with Gasteiger partial charge in [-0.2, -0.15) is 9.53 Å². The van der Waals surface area contributed by atoms with Crippen molar-refractivity contribution in [2.45, 2.75) is 31.7 Å². The van der Waals surface area contributed by atoms with Gasteiger partial charge in [0.1, 0.15) is 4.90 Å². The summed E-state index contributed by atoms with van der Waals surface area (Å²) < 4.78 is 26.5. The molecule has 0 amide bonds. The van der Waals surface area contributed by atoms with Crippen molar-refractivity contribution in [2.24, 2.45) is 5.41 Å². The molecule has 9 heteroatoms. The van der Waals surface area contributed by atoms with E-state index in [0.717, 1.165) is 11.4 Å². The lowest BCUT2D eigenvalue weighted by atomic mass is 9.87. The minimum atomic E-state index is -4.16. The third-order valence-corrected chi connectivity index (χ3v) is 5.26. The van der Waals surface area contributed by atoms with Gasteiger partial charge in [-0.1, -0.05) is 32.9 Å². The van der Waals surface area contributed by atoms with E-state index in [1.165, 1.54) is 31.3 Å². The summed E-state index contributed by atoms with van der Waals surface area (Å²) in [5.41, 5.74) is -0.895. The van der Waals surface area contributed by atoms with E-state index in [1.54, 1.807) is 20.8 Å². The topological polar surface area (TPSA) is 116 Å². The molecule has 0 heterocycles. The average Bonchev–Trinajstić information content (AvgIpc) is 2.44. The normalized spacial score (nSPS) is 15.4. The Labute approximate surface area is 135 Å². The maximum Gasteiger partial charge on any atom is 0.500 e. The second-order valence-corrected chi connectivity index (χ2v) is 8.10. The Hall–Kier alpha value is -1.52. The molecule has 0 aliphatic rings. The van der Waals surface area contributed by atoms with Gasteiger partial charge in [0.25, 0.3) is 0 Å². The predicted molar refractivity (Wildman–Crippen MR) is 85.2 cm³/mol. The molecule has 1 unspecified atom stereocenters. The van der Waals surface area contributed by atoms with Crippen LogP contribution in [-0.4, -0.2) is 48.8 Å². The van der Waals surface area contributed by atoms with E-state index < -0.39 is 32.7 Å². The van der Waals surface area contributed by atoms with Gasteiger partial charge in [-0.05, 0) is 11.5 Å². The zero-order valence-electron chi connectivity index (χ0n) is 13.8. The molecule has 0 spiro atoms. The predicted octanol–water partition coefficient (Wildman–Crippen LogP) is 0.358. The highest BCUT2D eigenvalue weighted by molar-refractivity contribution is 7.89. The Kier molecular flexibility index (Phi) is 5.89. The molecule has 0 aromatic heterocycles. The number of carboxylic acid groups (broad SMARTS) is 1. The van der Waals surface area contributed by atoms with Crippen LogP contribution in [0.25, 0.3) is 0 Å². The Morgan fingerprint density at radius 2 is 1.91 bits per heavy atom. The minimum Gasteiger partial charge on any atom is -0.595 e. The molecule has 0 radical (unpaired) electrons. The summed E-state index contributed by atoms with van der Waals surface area (Å²) in [6.07, 6.45) is 0. The molecular weight excluding hydrogens is 324 g/mol. The van der Waals surface area contributed by atoms with Gasteiger partial charge in [0.05, 0.1) is 7.11 Å². The number of rotatable bonds is 6. The highest BCUT2D eigenvalue weighted by Gasteiger charge is 2.45. The van der Waals surface area contributed by atoms with Crippen molar-refractivity contribution >= 4 is 21.7 Å². The largest absolute Gasteiger partial charge is 0.595 e. The number of hydrogen-bond donors (Lipinski definition) is 2. The maximum atomic E-state index is 12.8. The van der Waals surface area contributed by atoms with Gasteiger partial charge in [-0.25, -0.2) is 13.3 Å². The van der Waals surface area contributed by atoms with Gasteiger partial charge >= 0.3 is 5.97 Å². The summed E-state index contributed by atoms with van der Waals surface area (Å²) in [4.78, 5) is 13.9. The van der Waals surface area contributed by atoms with Gasteiger partial charge < -0.3 is 15.1 Å². The van der Waals surface area contributed by atoms with Gasteiger partial charge in [-0.15, -0.1) is 0 Å². The lowest BCUT2D eigenvalue weighted by molar-refractivity contribution is -0.993. The summed E-state index contributed by atoms with van der Waals surface area (Å²) in [7, 11) is -1.78. The molecule has 1 rings (SSSR count). The smallest absolute Gasteiger partial charge is 0.500 e. The van der Waals surface area contributed by atoms with E-state index in [2.05, 4.69) is 4.84 Å². The van der Waals surface area contributed by atoms with Crippen molar-refractivity contribution in [1.82, 2.24) is 4.31 Å². The van der Waals surface area contributed by atoms with Crippen LogP contribution >= 0.6 is 0 Å². The van der Waals surface area contributed by atoms with Crippen LogP contribution in [0.1, 0.15) is 20.8 Å². The third kappa shape index (κ3) is 4.06. The molecule has 3 N–H and O–H groups in total. The lowest BCUT2D eigenvalue weighted by Gasteiger charge is -2.32. The fraction of sp³-hybridized carbons (Fsp3) is 0.500. The summed E-state index contributed by atoms with van der Waals surface area (Å²) in [5, 5.41) is 20.5. The van der Waals surface area contributed by atoms with E-state index in [-0.39, 0.29) is 10.6 Å². The standard InChI is InChI=1S/C14H22N2O6S/c1-14(2,3)12(13(17)18)15(4)23(20,21)11-9-7-6-8-10(11)16(19)22-5/h6-9,12,16H,1-5H3,(H,17,18)/p+1/t12-/m1/s1. The molecule has 2 atom stereocenters. The van der Waals surface area contributed by atoms with Gasteiger partial charge in [-0.3, -0.25) is 0 Å². The van der Waals surface area contributed by atoms with Crippen molar-refractivity contribution in [3.05, 3.63) is 29.5 Å². The van der Waals surface area contributed by atoms with Crippen molar-refractivity contribution in [3.8, 4) is 0 Å². The summed E-state index contributed by atoms with van der Waals surface area (Å²) in [6.45, 7) is 5.01. The van der Waals surface area contributed by atoms with Crippen LogP contribution < -0.4 is 5.23 Å². The zero-order chi connectivity index (χ0) is 18.0. The van der Waals surface area contributed by atoms with Gasteiger partial charge in [0.15, 0.2) is 11.7 Å². The molecule has 0 saturated heterocycles. The lowest BCUT2D eigenvalue weighted by Crippen LogP contribution is -3.00. The summed E-state index contributed by atoms with van der Waals surface area (Å²) in [5.74, 6) is -1.01. The fourth-order valence-electron chi connectivity index (χ4n) is 2.36. The second-order valence-electron chi connectivity index (χ2n) is 6.14. The van der Waals surface area contributed by atoms with Gasteiger partial charge in [0, 0.05) is 13.1 Å². The second kappa shape index (κ2) is 6.93. The molecule has 1 aromatic carbocycles. The molecule has 0 aliphatic heterocycles. The number of benzene rings is 1. The van der Waals surface area contributed by atoms with Crippen LogP contribution in [0.3, 0.4) is 0 Å². The molecule has 0 saturated carbocycles. The van der Waals surface area contributed by atoms with Crippen LogP contribution in [-0.2, 0) is 14.9 Å². The van der Waals surface area contributed by atoms with Crippen LogP contribution in [0.2, 0.25) is 0 Å². The number of sulfonamides is 1. The van der Waals surface area contributed by atoms with Gasteiger partial charge in [0.2, 0.25) is 10.0 Å². The summed E-state index contributed by atoms with van der Waals surface area (Å²) >= 11 is 0. The van der Waals surface area contributed by atoms with E-state index in [0.29, 0.717) is 0 Å². The first kappa shape index (κ1) is 19.5. The molecule has 0 aliphatic carbocycles. The van der Waals surface area contributed by atoms with Crippen LogP contribution in [0.15, 0.2) is 29.2 Å². The number of likely N-dealkylation sites (N-methyl/N-ethyl adjacent to an activating group) is 1. The molecular formula is C14H23N2O6S+. The molecule has 0 fully saturated rings. The van der Waals surface area contributed by atoms with E-state index in [4.69, 9.17) is 0 Å². The van der Waals surface area contributed by atoms with Crippen LogP contribution in [0.5, 0.6) is 0 Å². The highest BCUT2D eigenvalue weighted by Crippen LogP contribution is 2.30. The number of aliphatic carboxylic acids is 1. The number of carboxylic acids is 1. The number of nitrogens with one attached hydrogen (secondary N) is 1. The van der Waals surface area contributed by atoms with Crippen molar-refractivity contribution < 1.29 is 28.4 Å². The molecule has 130 valence electrons. The van der Waals surface area contributed by atoms with E-state index in [9.17, 15) is 23.5 Å². The zero-order valence-corrected chi connectivity index (χ0v) is 14.6. The average molecular weight is 347 g/mol. The van der Waals surface area contributed by atoms with Crippen LogP contribution in [0.4, 0.5) is 5.69 Å². The first-order valence-corrected chi connectivity index (χ1v) is 8.28. The number of aliphatic hydroxyl groups excluding tert-OH is 1. The molecule has 0 bridgehead atoms. The Morgan fingerprint density at radius 1 is 1.39 bits per heavy atom. The summed E-state index contributed by atoms with van der Waals surface area (Å²) in [6, 6.07) is 4.41. The van der Waals surface area contributed by atoms with E-state index >= 15 is 0 Å². The van der Waals surface area contributed by atoms with Crippen molar-refractivity contribution in [2.75, 3.05) is 14.2 Å². The van der Waals surface area contributed by atoms with Crippen molar-refractivity contribution in [1.29, 1.82) is 0 Å². The quantitative estimate of drug-likeness (QED) is 0.569. The maximum absolute atomic E-state index is 12.8. The van der Waals surface area contributed by atoms with Crippen molar-refractivity contribution in [3.63, 3.8) is 0 Å². The number of quaternary nitrogens is 1. The minimum absolute atomic E-state index is 0.119. The SMILES string of the molecule is CO[NH+]([O-])c1ccccc1S(=O)(=O)N(C)[C@H](C(O)=[OH+])C(C)(C)C. The first-order valence-electron chi connectivity index (χ1n) is 6.84. The molecule has 23 heavy (non-hydrogen) atoms. The Bertz CT molecular complexity index is 668. The Balaban J connectivity index is 3.45. The Morgan fingerprint density at radius 3 is 2.35 bits per heavy atom. The highest BCUT2D eigenvalue weighted by atomic mass is 32.2. The number of nitrogens with zero attached hydrogens (tertiary/aromatic N) is 1. The fourth-order valence-corrected chi connectivity index (χ4v) is 4.04. The molecule has 1 aromatic rings. The first-order chi connectivity index (χ1) is 10.4. The number of hydrogen-bond acceptors (Lipinski definition) is 4. The van der Waals surface area contributed by atoms with E-state index in [1.807, 2.05) is 0 Å².